The van der Waals surface area contributed by atoms with Gasteiger partial charge in [-0.3, -0.25) is 4.79 Å². The zero-order chi connectivity index (χ0) is 17.4. The smallest absolute Gasteiger partial charge is 0.265 e. The Bertz CT molecular complexity index is 770. The molecule has 2 aliphatic rings. The Kier molecular flexibility index (Phi) is 4.33. The van der Waals surface area contributed by atoms with E-state index in [1.807, 2.05) is 11.8 Å². The van der Waals surface area contributed by atoms with Crippen molar-refractivity contribution in [2.24, 2.45) is 5.41 Å². The first-order valence-corrected chi connectivity index (χ1v) is 9.61. The van der Waals surface area contributed by atoms with Crippen LogP contribution in [0.1, 0.15) is 34.6 Å². The molecular weight excluding hydrogens is 337 g/mol. The van der Waals surface area contributed by atoms with Gasteiger partial charge >= 0.3 is 0 Å². The van der Waals surface area contributed by atoms with Gasteiger partial charge in [-0.2, -0.15) is 0 Å². The molecule has 0 aliphatic carbocycles. The molecule has 2 fully saturated rings. The summed E-state index contributed by atoms with van der Waals surface area (Å²) in [6.07, 6.45) is 3.38. The van der Waals surface area contributed by atoms with Crippen LogP contribution >= 0.6 is 11.3 Å². The molecule has 1 N–H and O–H groups in total. The second-order valence-corrected chi connectivity index (χ2v) is 8.16. The van der Waals surface area contributed by atoms with E-state index in [1.54, 1.807) is 12.1 Å². The van der Waals surface area contributed by atoms with Crippen molar-refractivity contribution in [3.05, 3.63) is 40.7 Å². The van der Waals surface area contributed by atoms with Gasteiger partial charge in [0.05, 0.1) is 5.69 Å². The number of aromatic nitrogens is 1. The van der Waals surface area contributed by atoms with E-state index in [2.05, 4.69) is 10.3 Å². The van der Waals surface area contributed by atoms with Crippen molar-refractivity contribution in [3.63, 3.8) is 0 Å². The van der Waals surface area contributed by atoms with E-state index < -0.39 is 0 Å². The number of benzene rings is 1. The van der Waals surface area contributed by atoms with E-state index in [9.17, 15) is 9.18 Å². The average Bonchev–Trinajstić information content (AvgIpc) is 3.23. The zero-order valence-corrected chi connectivity index (χ0v) is 15.2. The van der Waals surface area contributed by atoms with Crippen LogP contribution in [-0.4, -0.2) is 42.0 Å². The van der Waals surface area contributed by atoms with Crippen molar-refractivity contribution in [1.82, 2.24) is 15.2 Å². The molecule has 6 heteroatoms. The Morgan fingerprint density at radius 2 is 1.96 bits per heavy atom. The van der Waals surface area contributed by atoms with Crippen molar-refractivity contribution >= 4 is 17.2 Å². The fourth-order valence-electron chi connectivity index (χ4n) is 3.86. The SMILES string of the molecule is Cc1nc(-c2ccc(F)cc2)sc1C(=O)N1CCC2(CCNC2)CC1. The van der Waals surface area contributed by atoms with E-state index in [0.29, 0.717) is 10.3 Å². The molecule has 0 radical (unpaired) electrons. The van der Waals surface area contributed by atoms with Gasteiger partial charge in [0.1, 0.15) is 15.7 Å². The van der Waals surface area contributed by atoms with Crippen LogP contribution in [0.25, 0.3) is 10.6 Å². The lowest BCUT2D eigenvalue weighted by Gasteiger charge is -2.38. The van der Waals surface area contributed by atoms with Gasteiger partial charge in [0.15, 0.2) is 0 Å². The van der Waals surface area contributed by atoms with Crippen molar-refractivity contribution in [1.29, 1.82) is 0 Å². The Morgan fingerprint density at radius 1 is 1.24 bits per heavy atom. The second kappa shape index (κ2) is 6.50. The highest BCUT2D eigenvalue weighted by Crippen LogP contribution is 2.38. The second-order valence-electron chi connectivity index (χ2n) is 7.16. The van der Waals surface area contributed by atoms with Gasteiger partial charge in [-0.25, -0.2) is 9.37 Å². The lowest BCUT2D eigenvalue weighted by atomic mass is 9.78. The Morgan fingerprint density at radius 3 is 2.60 bits per heavy atom. The highest BCUT2D eigenvalue weighted by Gasteiger charge is 2.38. The third-order valence-electron chi connectivity index (χ3n) is 5.53. The summed E-state index contributed by atoms with van der Waals surface area (Å²) in [5.41, 5.74) is 2.01. The first kappa shape index (κ1) is 16.7. The number of amides is 1. The maximum atomic E-state index is 13.1. The van der Waals surface area contributed by atoms with Crippen molar-refractivity contribution < 1.29 is 9.18 Å². The summed E-state index contributed by atoms with van der Waals surface area (Å²) >= 11 is 1.41. The molecule has 1 aromatic carbocycles. The largest absolute Gasteiger partial charge is 0.338 e. The molecule has 2 saturated heterocycles. The first-order chi connectivity index (χ1) is 12.1. The topological polar surface area (TPSA) is 45.2 Å². The fourth-order valence-corrected chi connectivity index (χ4v) is 4.90. The monoisotopic (exact) mass is 359 g/mol. The number of rotatable bonds is 2. The Balaban J connectivity index is 1.50. The third kappa shape index (κ3) is 3.20. The average molecular weight is 359 g/mol. The molecule has 2 aliphatic heterocycles. The van der Waals surface area contributed by atoms with E-state index >= 15 is 0 Å². The Labute approximate surface area is 151 Å². The molecule has 2 aromatic rings. The van der Waals surface area contributed by atoms with Crippen LogP contribution in [-0.2, 0) is 0 Å². The van der Waals surface area contributed by atoms with Crippen LogP contribution in [0.5, 0.6) is 0 Å². The lowest BCUT2D eigenvalue weighted by Crippen LogP contribution is -2.44. The maximum absolute atomic E-state index is 13.1. The molecule has 1 amide bonds. The third-order valence-corrected chi connectivity index (χ3v) is 6.72. The number of likely N-dealkylation sites (tertiary alicyclic amines) is 1. The van der Waals surface area contributed by atoms with E-state index in [0.717, 1.165) is 55.3 Å². The van der Waals surface area contributed by atoms with Gasteiger partial charge in [-0.05, 0) is 62.4 Å². The quantitative estimate of drug-likeness (QED) is 0.893. The number of thiazole rings is 1. The zero-order valence-electron chi connectivity index (χ0n) is 14.3. The number of carbonyl (C=O) groups is 1. The molecule has 25 heavy (non-hydrogen) atoms. The number of hydrogen-bond acceptors (Lipinski definition) is 4. The highest BCUT2D eigenvalue weighted by molar-refractivity contribution is 7.17. The van der Waals surface area contributed by atoms with Crippen LogP contribution in [0.3, 0.4) is 0 Å². The number of piperidine rings is 1. The number of nitrogens with one attached hydrogen (secondary N) is 1. The van der Waals surface area contributed by atoms with Gasteiger partial charge in [0.2, 0.25) is 0 Å². The van der Waals surface area contributed by atoms with Gasteiger partial charge in [0.25, 0.3) is 5.91 Å². The fraction of sp³-hybridized carbons (Fsp3) is 0.474. The first-order valence-electron chi connectivity index (χ1n) is 8.80. The van der Waals surface area contributed by atoms with Crippen LogP contribution < -0.4 is 5.32 Å². The van der Waals surface area contributed by atoms with Crippen LogP contribution in [0.2, 0.25) is 0 Å². The predicted octanol–water partition coefficient (Wildman–Crippen LogP) is 3.47. The van der Waals surface area contributed by atoms with Gasteiger partial charge in [0, 0.05) is 25.2 Å². The minimum absolute atomic E-state index is 0.0872. The normalized spacial score (nSPS) is 19.5. The molecular formula is C19H22FN3OS. The van der Waals surface area contributed by atoms with Crippen molar-refractivity contribution in [2.45, 2.75) is 26.2 Å². The molecule has 1 spiro atoms. The summed E-state index contributed by atoms with van der Waals surface area (Å²) in [4.78, 5) is 20.2. The van der Waals surface area contributed by atoms with E-state index in [4.69, 9.17) is 0 Å². The molecule has 0 unspecified atom stereocenters. The summed E-state index contributed by atoms with van der Waals surface area (Å²) < 4.78 is 13.1. The highest BCUT2D eigenvalue weighted by atomic mass is 32.1. The maximum Gasteiger partial charge on any atom is 0.265 e. The summed E-state index contributed by atoms with van der Waals surface area (Å²) in [7, 11) is 0. The Hall–Kier alpha value is -1.79. The van der Waals surface area contributed by atoms with Crippen LogP contribution in [0.15, 0.2) is 24.3 Å². The molecule has 4 nitrogen and oxygen atoms in total. The summed E-state index contributed by atoms with van der Waals surface area (Å²) in [6.45, 7) is 5.71. The minimum atomic E-state index is -0.267. The molecule has 1 aromatic heterocycles. The van der Waals surface area contributed by atoms with Crippen LogP contribution in [0.4, 0.5) is 4.39 Å². The minimum Gasteiger partial charge on any atom is -0.338 e. The standard InChI is InChI=1S/C19H22FN3OS/c1-13-16(25-17(22-13)14-2-4-15(20)5-3-14)18(24)23-10-7-19(8-11-23)6-9-21-12-19/h2-5,21H,6-12H2,1H3. The molecule has 0 atom stereocenters. The van der Waals surface area contributed by atoms with E-state index in [1.165, 1.54) is 29.9 Å². The number of carbonyl (C=O) groups excluding carboxylic acids is 1. The summed E-state index contributed by atoms with van der Waals surface area (Å²) in [5, 5.41) is 4.23. The summed E-state index contributed by atoms with van der Waals surface area (Å²) in [6, 6.07) is 6.26. The number of aryl methyl sites for hydroxylation is 1. The number of nitrogens with zero attached hydrogens (tertiary/aromatic N) is 2. The molecule has 132 valence electrons. The van der Waals surface area contributed by atoms with Gasteiger partial charge < -0.3 is 10.2 Å². The predicted molar refractivity (Wildman–Crippen MR) is 97.3 cm³/mol. The summed E-state index contributed by atoms with van der Waals surface area (Å²) in [5.74, 6) is -0.179. The van der Waals surface area contributed by atoms with Crippen LogP contribution in [0, 0.1) is 18.2 Å². The van der Waals surface area contributed by atoms with Gasteiger partial charge in [-0.1, -0.05) is 0 Å². The number of halogens is 1. The molecule has 3 heterocycles. The van der Waals surface area contributed by atoms with E-state index in [-0.39, 0.29) is 11.7 Å². The lowest BCUT2D eigenvalue weighted by molar-refractivity contribution is 0.0611. The molecule has 4 rings (SSSR count). The molecule has 0 bridgehead atoms. The molecule has 0 saturated carbocycles. The van der Waals surface area contributed by atoms with Gasteiger partial charge in [-0.15, -0.1) is 11.3 Å². The van der Waals surface area contributed by atoms with Crippen molar-refractivity contribution in [3.8, 4) is 10.6 Å². The number of hydrogen-bond donors (Lipinski definition) is 1. The van der Waals surface area contributed by atoms with Crippen molar-refractivity contribution in [2.75, 3.05) is 26.2 Å².